The molecular weight excluding hydrogens is 154 g/mol. The first kappa shape index (κ1) is 7.42. The van der Waals surface area contributed by atoms with E-state index in [4.69, 9.17) is 5.73 Å². The number of hydrogen-bond donors (Lipinski definition) is 1. The molecule has 0 spiro atoms. The van der Waals surface area contributed by atoms with Gasteiger partial charge in [-0.2, -0.15) is 4.98 Å². The van der Waals surface area contributed by atoms with Crippen LogP contribution >= 0.6 is 0 Å². The molecule has 5 nitrogen and oxygen atoms in total. The van der Waals surface area contributed by atoms with E-state index in [0.29, 0.717) is 5.95 Å². The first-order valence-corrected chi connectivity index (χ1v) is 4.00. The van der Waals surface area contributed by atoms with Crippen LogP contribution in [0, 0.1) is 0 Å². The maximum absolute atomic E-state index is 5.41. The third kappa shape index (κ3) is 1.50. The lowest BCUT2D eigenvalue weighted by Gasteiger charge is -2.29. The third-order valence-corrected chi connectivity index (χ3v) is 1.95. The number of nitrogens with zero attached hydrogens (tertiary/aromatic N) is 4. The number of anilines is 1. The van der Waals surface area contributed by atoms with Gasteiger partial charge in [-0.15, -0.1) is 0 Å². The second kappa shape index (κ2) is 3.02. The van der Waals surface area contributed by atoms with Gasteiger partial charge in [0.1, 0.15) is 12.2 Å². The molecule has 1 fully saturated rings. The van der Waals surface area contributed by atoms with E-state index >= 15 is 0 Å². The molecule has 12 heavy (non-hydrogen) atoms. The molecule has 1 saturated heterocycles. The normalized spacial score (nSPS) is 17.3. The minimum Gasteiger partial charge on any atom is -0.368 e. The van der Waals surface area contributed by atoms with Crippen molar-refractivity contribution >= 4 is 5.95 Å². The van der Waals surface area contributed by atoms with Crippen LogP contribution in [0.3, 0.4) is 0 Å². The van der Waals surface area contributed by atoms with Gasteiger partial charge in [-0.05, 0) is 19.5 Å². The van der Waals surface area contributed by atoms with E-state index < -0.39 is 0 Å². The fourth-order valence-corrected chi connectivity index (χ4v) is 1.16. The van der Waals surface area contributed by atoms with Crippen molar-refractivity contribution in [2.45, 2.75) is 13.0 Å². The van der Waals surface area contributed by atoms with Gasteiger partial charge in [0.15, 0.2) is 0 Å². The van der Waals surface area contributed by atoms with Crippen LogP contribution in [0.5, 0.6) is 0 Å². The lowest BCUT2D eigenvalue weighted by Crippen LogP contribution is -2.36. The first-order valence-electron chi connectivity index (χ1n) is 4.00. The maximum Gasteiger partial charge on any atom is 0.223 e. The van der Waals surface area contributed by atoms with E-state index in [-0.39, 0.29) is 0 Å². The highest BCUT2D eigenvalue weighted by molar-refractivity contribution is 5.12. The number of likely N-dealkylation sites (tertiary alicyclic amines) is 1. The summed E-state index contributed by atoms with van der Waals surface area (Å²) in [5.41, 5.74) is 5.41. The monoisotopic (exact) mass is 165 g/mol. The van der Waals surface area contributed by atoms with E-state index in [1.54, 1.807) is 0 Å². The Balaban J connectivity index is 2.02. The van der Waals surface area contributed by atoms with Crippen molar-refractivity contribution in [2.75, 3.05) is 18.8 Å². The number of hydrogen-bond acceptors (Lipinski definition) is 5. The molecule has 0 radical (unpaired) electrons. The SMILES string of the molecule is Nc1ncnc(CN2CCC2)n1. The predicted molar refractivity (Wildman–Crippen MR) is 44.1 cm³/mol. The van der Waals surface area contributed by atoms with E-state index in [9.17, 15) is 0 Å². The highest BCUT2D eigenvalue weighted by atomic mass is 15.2. The van der Waals surface area contributed by atoms with Crippen molar-refractivity contribution in [1.29, 1.82) is 0 Å². The molecule has 1 aliphatic heterocycles. The van der Waals surface area contributed by atoms with E-state index in [2.05, 4.69) is 19.9 Å². The van der Waals surface area contributed by atoms with E-state index in [1.807, 2.05) is 0 Å². The summed E-state index contributed by atoms with van der Waals surface area (Å²) < 4.78 is 0. The maximum atomic E-state index is 5.41. The van der Waals surface area contributed by atoms with Gasteiger partial charge >= 0.3 is 0 Å². The third-order valence-electron chi connectivity index (χ3n) is 1.95. The van der Waals surface area contributed by atoms with Crippen LogP contribution in [0.15, 0.2) is 6.33 Å². The molecule has 0 aliphatic carbocycles. The van der Waals surface area contributed by atoms with E-state index in [0.717, 1.165) is 25.5 Å². The Hall–Kier alpha value is -1.23. The first-order chi connectivity index (χ1) is 5.84. The van der Waals surface area contributed by atoms with Crippen LogP contribution in [0.25, 0.3) is 0 Å². The summed E-state index contributed by atoms with van der Waals surface area (Å²) in [5, 5.41) is 0. The van der Waals surface area contributed by atoms with Gasteiger partial charge in [0, 0.05) is 0 Å². The van der Waals surface area contributed by atoms with Crippen molar-refractivity contribution in [2.24, 2.45) is 0 Å². The number of aromatic nitrogens is 3. The summed E-state index contributed by atoms with van der Waals surface area (Å²) in [7, 11) is 0. The van der Waals surface area contributed by atoms with Crippen LogP contribution < -0.4 is 5.73 Å². The lowest BCUT2D eigenvalue weighted by molar-refractivity contribution is 0.168. The fourth-order valence-electron chi connectivity index (χ4n) is 1.16. The predicted octanol–water partition coefficient (Wildman–Crippen LogP) is -0.341. The van der Waals surface area contributed by atoms with Gasteiger partial charge in [-0.1, -0.05) is 0 Å². The van der Waals surface area contributed by atoms with Crippen molar-refractivity contribution in [3.63, 3.8) is 0 Å². The quantitative estimate of drug-likeness (QED) is 0.649. The molecule has 2 heterocycles. The van der Waals surface area contributed by atoms with Gasteiger partial charge in [0.05, 0.1) is 6.54 Å². The van der Waals surface area contributed by atoms with Crippen LogP contribution in [0.1, 0.15) is 12.2 Å². The summed E-state index contributed by atoms with van der Waals surface area (Å²) in [6.45, 7) is 3.09. The van der Waals surface area contributed by atoms with Crippen LogP contribution in [0.2, 0.25) is 0 Å². The summed E-state index contributed by atoms with van der Waals surface area (Å²) >= 11 is 0. The molecule has 5 heteroatoms. The molecule has 2 rings (SSSR count). The smallest absolute Gasteiger partial charge is 0.223 e. The minimum absolute atomic E-state index is 0.306. The second-order valence-electron chi connectivity index (χ2n) is 2.89. The zero-order valence-electron chi connectivity index (χ0n) is 6.77. The molecule has 0 bridgehead atoms. The molecule has 2 N–H and O–H groups in total. The number of rotatable bonds is 2. The molecule has 1 aromatic rings. The highest BCUT2D eigenvalue weighted by Crippen LogP contribution is 2.08. The Labute approximate surface area is 70.6 Å². The summed E-state index contributed by atoms with van der Waals surface area (Å²) in [6.07, 6.45) is 2.73. The van der Waals surface area contributed by atoms with Gasteiger partial charge < -0.3 is 5.73 Å². The molecule has 0 atom stereocenters. The zero-order valence-corrected chi connectivity index (χ0v) is 6.77. The van der Waals surface area contributed by atoms with Gasteiger partial charge in [0.25, 0.3) is 0 Å². The van der Waals surface area contributed by atoms with Crippen LogP contribution in [-0.2, 0) is 6.54 Å². The van der Waals surface area contributed by atoms with Crippen molar-refractivity contribution < 1.29 is 0 Å². The Morgan fingerprint density at radius 1 is 1.42 bits per heavy atom. The average molecular weight is 165 g/mol. The van der Waals surface area contributed by atoms with Crippen LogP contribution in [-0.4, -0.2) is 32.9 Å². The largest absolute Gasteiger partial charge is 0.368 e. The molecule has 1 aromatic heterocycles. The molecule has 0 saturated carbocycles. The van der Waals surface area contributed by atoms with Gasteiger partial charge in [-0.25, -0.2) is 9.97 Å². The molecule has 64 valence electrons. The minimum atomic E-state index is 0.306. The van der Waals surface area contributed by atoms with E-state index in [1.165, 1.54) is 12.7 Å². The van der Waals surface area contributed by atoms with Crippen LogP contribution in [0.4, 0.5) is 5.95 Å². The highest BCUT2D eigenvalue weighted by Gasteiger charge is 2.14. The number of nitrogen functional groups attached to an aromatic ring is 1. The van der Waals surface area contributed by atoms with Crippen molar-refractivity contribution in [1.82, 2.24) is 19.9 Å². The Kier molecular flexibility index (Phi) is 1.87. The fraction of sp³-hybridized carbons (Fsp3) is 0.571. The summed E-state index contributed by atoms with van der Waals surface area (Å²) in [6, 6.07) is 0. The molecule has 0 amide bonds. The lowest BCUT2D eigenvalue weighted by atomic mass is 10.2. The molecular formula is C7H11N5. The average Bonchev–Trinajstić information content (AvgIpc) is 1.97. The molecule has 0 aromatic carbocycles. The van der Waals surface area contributed by atoms with Crippen molar-refractivity contribution in [3.8, 4) is 0 Å². The molecule has 0 unspecified atom stereocenters. The molecule has 1 aliphatic rings. The summed E-state index contributed by atoms with van der Waals surface area (Å²) in [4.78, 5) is 14.0. The Morgan fingerprint density at radius 2 is 2.25 bits per heavy atom. The number of nitrogens with two attached hydrogens (primary N) is 1. The van der Waals surface area contributed by atoms with Gasteiger partial charge in [0.2, 0.25) is 5.95 Å². The summed E-state index contributed by atoms with van der Waals surface area (Å²) in [5.74, 6) is 1.07. The van der Waals surface area contributed by atoms with Crippen molar-refractivity contribution in [3.05, 3.63) is 12.2 Å². The standard InChI is InChI=1S/C7H11N5/c8-7-10-5-9-6(11-7)4-12-2-1-3-12/h5H,1-4H2,(H2,8,9,10,11). The Bertz CT molecular complexity index is 270. The second-order valence-corrected chi connectivity index (χ2v) is 2.89. The zero-order chi connectivity index (χ0) is 8.39. The Morgan fingerprint density at radius 3 is 2.83 bits per heavy atom. The topological polar surface area (TPSA) is 67.9 Å². The van der Waals surface area contributed by atoms with Gasteiger partial charge in [-0.3, -0.25) is 4.90 Å².